The van der Waals surface area contributed by atoms with Gasteiger partial charge in [-0.15, -0.1) is 0 Å². The van der Waals surface area contributed by atoms with Crippen LogP contribution in [0.4, 0.5) is 0 Å². The Morgan fingerprint density at radius 1 is 1.30 bits per heavy atom. The Kier molecular flexibility index (Phi) is 4.79. The van der Waals surface area contributed by atoms with Crippen molar-refractivity contribution in [3.8, 4) is 6.07 Å². The number of rotatable bonds is 3. The summed E-state index contributed by atoms with van der Waals surface area (Å²) in [5, 5.41) is 9.37. The minimum absolute atomic E-state index is 0.0718. The molecule has 106 valence electrons. The minimum atomic E-state index is -0.685. The number of hydrogen-bond donors (Lipinski definition) is 0. The molecule has 1 aromatic rings. The van der Waals surface area contributed by atoms with E-state index in [9.17, 15) is 10.1 Å². The fourth-order valence-corrected chi connectivity index (χ4v) is 3.16. The summed E-state index contributed by atoms with van der Waals surface area (Å²) >= 11 is 0. The van der Waals surface area contributed by atoms with Crippen LogP contribution in [0.15, 0.2) is 30.3 Å². The molecule has 2 rings (SSSR count). The third kappa shape index (κ3) is 3.01. The first-order valence-corrected chi connectivity index (χ1v) is 7.36. The highest BCUT2D eigenvalue weighted by atomic mass is 16.2. The number of carbonyl (C=O) groups excluding carboxylic acids is 1. The standard InChI is InChI=1S/C17H22N2O/c1-13-8-6-7-11-16(13)19(2)17(20)15(12-18)14-9-4-3-5-10-14/h3-5,9-10,13,15-16H,6-8,11H2,1-2H3. The van der Waals surface area contributed by atoms with Crippen molar-refractivity contribution in [1.82, 2.24) is 4.90 Å². The van der Waals surface area contributed by atoms with Crippen LogP contribution in [-0.2, 0) is 4.79 Å². The number of hydrogen-bond acceptors (Lipinski definition) is 2. The summed E-state index contributed by atoms with van der Waals surface area (Å²) in [6, 6.07) is 11.8. The molecule has 1 amide bonds. The second-order valence-corrected chi connectivity index (χ2v) is 5.75. The van der Waals surface area contributed by atoms with Crippen LogP contribution in [0.2, 0.25) is 0 Å². The molecule has 0 saturated heterocycles. The van der Waals surface area contributed by atoms with Gasteiger partial charge in [0.25, 0.3) is 0 Å². The maximum absolute atomic E-state index is 12.6. The van der Waals surface area contributed by atoms with Gasteiger partial charge in [-0.1, -0.05) is 50.1 Å². The molecule has 1 aromatic carbocycles. The highest BCUT2D eigenvalue weighted by molar-refractivity contribution is 5.86. The van der Waals surface area contributed by atoms with E-state index in [-0.39, 0.29) is 11.9 Å². The Hall–Kier alpha value is -1.82. The molecule has 3 atom stereocenters. The maximum Gasteiger partial charge on any atom is 0.244 e. The van der Waals surface area contributed by atoms with E-state index < -0.39 is 5.92 Å². The number of amides is 1. The lowest BCUT2D eigenvalue weighted by molar-refractivity contribution is -0.133. The molecule has 0 spiro atoms. The van der Waals surface area contributed by atoms with Gasteiger partial charge in [-0.25, -0.2) is 0 Å². The molecule has 1 aliphatic carbocycles. The first-order chi connectivity index (χ1) is 9.65. The summed E-state index contributed by atoms with van der Waals surface area (Å²) in [5.74, 6) is -0.236. The molecule has 20 heavy (non-hydrogen) atoms. The molecule has 0 heterocycles. The van der Waals surface area contributed by atoms with Gasteiger partial charge in [0.15, 0.2) is 0 Å². The van der Waals surface area contributed by atoms with E-state index in [1.165, 1.54) is 19.3 Å². The molecule has 0 aliphatic heterocycles. The molecule has 0 aromatic heterocycles. The van der Waals surface area contributed by atoms with E-state index >= 15 is 0 Å². The minimum Gasteiger partial charge on any atom is -0.341 e. The second kappa shape index (κ2) is 6.56. The third-order valence-corrected chi connectivity index (χ3v) is 4.42. The van der Waals surface area contributed by atoms with Gasteiger partial charge in [-0.2, -0.15) is 5.26 Å². The summed E-state index contributed by atoms with van der Waals surface area (Å²) < 4.78 is 0. The van der Waals surface area contributed by atoms with E-state index in [1.54, 1.807) is 0 Å². The Morgan fingerprint density at radius 2 is 1.95 bits per heavy atom. The summed E-state index contributed by atoms with van der Waals surface area (Å²) in [4.78, 5) is 14.4. The summed E-state index contributed by atoms with van der Waals surface area (Å²) in [6.07, 6.45) is 4.65. The largest absolute Gasteiger partial charge is 0.341 e. The SMILES string of the molecule is CC1CCCCC1N(C)C(=O)C(C#N)c1ccccc1. The Bertz CT molecular complexity index is 491. The van der Waals surface area contributed by atoms with Crippen LogP contribution < -0.4 is 0 Å². The number of nitrogens with zero attached hydrogens (tertiary/aromatic N) is 2. The van der Waals surface area contributed by atoms with E-state index in [2.05, 4.69) is 13.0 Å². The summed E-state index contributed by atoms with van der Waals surface area (Å²) in [7, 11) is 1.85. The first-order valence-electron chi connectivity index (χ1n) is 7.36. The highest BCUT2D eigenvalue weighted by Gasteiger charge is 2.32. The molecule has 0 radical (unpaired) electrons. The summed E-state index contributed by atoms with van der Waals surface area (Å²) in [6.45, 7) is 2.21. The molecule has 1 saturated carbocycles. The lowest BCUT2D eigenvalue weighted by Crippen LogP contribution is -2.44. The predicted octanol–water partition coefficient (Wildman–Crippen LogP) is 3.33. The van der Waals surface area contributed by atoms with Crippen LogP contribution in [0.1, 0.15) is 44.1 Å². The molecule has 1 fully saturated rings. The van der Waals surface area contributed by atoms with E-state index in [0.717, 1.165) is 12.0 Å². The molecular formula is C17H22N2O. The smallest absolute Gasteiger partial charge is 0.244 e. The topological polar surface area (TPSA) is 44.1 Å². The first kappa shape index (κ1) is 14.6. The molecule has 3 unspecified atom stereocenters. The van der Waals surface area contributed by atoms with Crippen molar-refractivity contribution in [1.29, 1.82) is 5.26 Å². The van der Waals surface area contributed by atoms with Crippen molar-refractivity contribution in [2.45, 2.75) is 44.6 Å². The lowest BCUT2D eigenvalue weighted by atomic mass is 9.84. The van der Waals surface area contributed by atoms with Crippen LogP contribution in [0.25, 0.3) is 0 Å². The number of likely N-dealkylation sites (N-methyl/N-ethyl adjacent to an activating group) is 1. The Balaban J connectivity index is 2.14. The van der Waals surface area contributed by atoms with Gasteiger partial charge >= 0.3 is 0 Å². The zero-order chi connectivity index (χ0) is 14.5. The Morgan fingerprint density at radius 3 is 2.55 bits per heavy atom. The third-order valence-electron chi connectivity index (χ3n) is 4.42. The van der Waals surface area contributed by atoms with E-state index in [1.807, 2.05) is 42.3 Å². The van der Waals surface area contributed by atoms with Gasteiger partial charge in [-0.05, 0) is 24.3 Å². The molecule has 0 N–H and O–H groups in total. The quantitative estimate of drug-likeness (QED) is 0.845. The van der Waals surface area contributed by atoms with Crippen LogP contribution in [-0.4, -0.2) is 23.9 Å². The van der Waals surface area contributed by atoms with E-state index in [4.69, 9.17) is 0 Å². The van der Waals surface area contributed by atoms with Crippen LogP contribution in [0.3, 0.4) is 0 Å². The van der Waals surface area contributed by atoms with Crippen molar-refractivity contribution in [3.05, 3.63) is 35.9 Å². The zero-order valence-electron chi connectivity index (χ0n) is 12.2. The lowest BCUT2D eigenvalue weighted by Gasteiger charge is -2.37. The molecule has 3 heteroatoms. The monoisotopic (exact) mass is 270 g/mol. The number of nitriles is 1. The number of benzene rings is 1. The van der Waals surface area contributed by atoms with Gasteiger partial charge in [0.1, 0.15) is 5.92 Å². The van der Waals surface area contributed by atoms with Crippen LogP contribution in [0.5, 0.6) is 0 Å². The van der Waals surface area contributed by atoms with Gasteiger partial charge < -0.3 is 4.90 Å². The molecule has 0 bridgehead atoms. The maximum atomic E-state index is 12.6. The Labute approximate surface area is 121 Å². The van der Waals surface area contributed by atoms with Gasteiger partial charge in [0, 0.05) is 13.1 Å². The average Bonchev–Trinajstić information content (AvgIpc) is 2.49. The molecule has 3 nitrogen and oxygen atoms in total. The predicted molar refractivity (Wildman–Crippen MR) is 79.0 cm³/mol. The second-order valence-electron chi connectivity index (χ2n) is 5.75. The zero-order valence-corrected chi connectivity index (χ0v) is 12.2. The van der Waals surface area contributed by atoms with Crippen molar-refractivity contribution in [2.24, 2.45) is 5.92 Å². The van der Waals surface area contributed by atoms with Crippen molar-refractivity contribution in [3.63, 3.8) is 0 Å². The fourth-order valence-electron chi connectivity index (χ4n) is 3.16. The number of carbonyl (C=O) groups is 1. The van der Waals surface area contributed by atoms with Crippen molar-refractivity contribution in [2.75, 3.05) is 7.05 Å². The van der Waals surface area contributed by atoms with Gasteiger partial charge in [0.05, 0.1) is 6.07 Å². The fraction of sp³-hybridized carbons (Fsp3) is 0.529. The normalized spacial score (nSPS) is 23.6. The van der Waals surface area contributed by atoms with Crippen LogP contribution in [0, 0.1) is 17.2 Å². The van der Waals surface area contributed by atoms with Crippen LogP contribution >= 0.6 is 0 Å². The van der Waals surface area contributed by atoms with Crippen molar-refractivity contribution < 1.29 is 4.79 Å². The van der Waals surface area contributed by atoms with Crippen molar-refractivity contribution >= 4 is 5.91 Å². The van der Waals surface area contributed by atoms with Gasteiger partial charge in [-0.3, -0.25) is 4.79 Å². The molecule has 1 aliphatic rings. The average molecular weight is 270 g/mol. The summed E-state index contributed by atoms with van der Waals surface area (Å²) in [5.41, 5.74) is 0.787. The highest BCUT2D eigenvalue weighted by Crippen LogP contribution is 2.29. The van der Waals surface area contributed by atoms with Gasteiger partial charge in [0.2, 0.25) is 5.91 Å². The van der Waals surface area contributed by atoms with E-state index in [0.29, 0.717) is 5.92 Å². The molecular weight excluding hydrogens is 248 g/mol.